The van der Waals surface area contributed by atoms with Crippen LogP contribution in [0.5, 0.6) is 11.5 Å². The summed E-state index contributed by atoms with van der Waals surface area (Å²) in [6.07, 6.45) is 1.91. The predicted octanol–water partition coefficient (Wildman–Crippen LogP) is 4.88. The van der Waals surface area contributed by atoms with Gasteiger partial charge in [0.05, 0.1) is 5.69 Å². The van der Waals surface area contributed by atoms with Crippen LogP contribution in [0.1, 0.15) is 22.5 Å². The highest BCUT2D eigenvalue weighted by atomic mass is 16.7. The minimum atomic E-state index is 0.278. The van der Waals surface area contributed by atoms with Crippen LogP contribution in [0.15, 0.2) is 53.5 Å². The summed E-state index contributed by atoms with van der Waals surface area (Å²) in [5.41, 5.74) is 6.75. The molecular formula is C21H20N2O2. The summed E-state index contributed by atoms with van der Waals surface area (Å²) in [6, 6.07) is 16.4. The Morgan fingerprint density at radius 3 is 2.64 bits per heavy atom. The largest absolute Gasteiger partial charge is 0.454 e. The van der Waals surface area contributed by atoms with Crippen LogP contribution in [0, 0.1) is 20.8 Å². The third-order valence-electron chi connectivity index (χ3n) is 4.44. The first-order chi connectivity index (χ1) is 12.1. The van der Waals surface area contributed by atoms with Crippen molar-refractivity contribution >= 4 is 11.9 Å². The second-order valence-corrected chi connectivity index (χ2v) is 6.30. The molecule has 4 heteroatoms. The summed E-state index contributed by atoms with van der Waals surface area (Å²) >= 11 is 0. The molecule has 0 radical (unpaired) electrons. The minimum absolute atomic E-state index is 0.278. The van der Waals surface area contributed by atoms with Crippen molar-refractivity contribution in [3.05, 3.63) is 71.0 Å². The van der Waals surface area contributed by atoms with Gasteiger partial charge < -0.3 is 14.0 Å². The first-order valence-corrected chi connectivity index (χ1v) is 8.31. The van der Waals surface area contributed by atoms with Crippen LogP contribution >= 0.6 is 0 Å². The predicted molar refractivity (Wildman–Crippen MR) is 99.8 cm³/mol. The van der Waals surface area contributed by atoms with Gasteiger partial charge in [0.15, 0.2) is 11.5 Å². The maximum Gasteiger partial charge on any atom is 0.231 e. The van der Waals surface area contributed by atoms with Crippen LogP contribution in [0.2, 0.25) is 0 Å². The number of aromatic nitrogens is 1. The molecule has 126 valence electrons. The molecule has 4 rings (SSSR count). The number of rotatable bonds is 3. The number of hydrogen-bond donors (Lipinski definition) is 0. The summed E-state index contributed by atoms with van der Waals surface area (Å²) in [7, 11) is 0. The van der Waals surface area contributed by atoms with E-state index in [1.165, 1.54) is 22.6 Å². The average Bonchev–Trinajstić information content (AvgIpc) is 3.16. The van der Waals surface area contributed by atoms with E-state index in [9.17, 15) is 0 Å². The molecule has 0 atom stereocenters. The van der Waals surface area contributed by atoms with Gasteiger partial charge in [0.2, 0.25) is 6.79 Å². The van der Waals surface area contributed by atoms with E-state index >= 15 is 0 Å². The SMILES string of the molecule is Cc1cccc(-n2c(C)cc(C=Nc3ccc4c(c3)OCO4)c2C)c1. The summed E-state index contributed by atoms with van der Waals surface area (Å²) in [4.78, 5) is 4.61. The molecule has 1 aliphatic rings. The Labute approximate surface area is 147 Å². The van der Waals surface area contributed by atoms with Gasteiger partial charge in [-0.15, -0.1) is 0 Å². The molecule has 0 fully saturated rings. The second-order valence-electron chi connectivity index (χ2n) is 6.30. The van der Waals surface area contributed by atoms with Crippen molar-refractivity contribution in [1.29, 1.82) is 0 Å². The quantitative estimate of drug-likeness (QED) is 0.641. The van der Waals surface area contributed by atoms with Gasteiger partial charge in [0.25, 0.3) is 0 Å². The number of ether oxygens (including phenoxy) is 2. The van der Waals surface area contributed by atoms with Crippen LogP contribution in [-0.2, 0) is 0 Å². The molecule has 0 aliphatic carbocycles. The number of benzene rings is 2. The van der Waals surface area contributed by atoms with E-state index < -0.39 is 0 Å². The molecule has 0 saturated carbocycles. The molecular weight excluding hydrogens is 312 g/mol. The van der Waals surface area contributed by atoms with E-state index in [0.717, 1.165) is 22.7 Å². The average molecular weight is 332 g/mol. The Hall–Kier alpha value is -3.01. The molecule has 3 aromatic rings. The molecule has 1 aromatic heterocycles. The van der Waals surface area contributed by atoms with Crippen LogP contribution in [0.25, 0.3) is 5.69 Å². The molecule has 4 nitrogen and oxygen atoms in total. The van der Waals surface area contributed by atoms with Crippen molar-refractivity contribution in [1.82, 2.24) is 4.57 Å². The number of aryl methyl sites for hydroxylation is 2. The lowest BCUT2D eigenvalue weighted by Gasteiger charge is -2.10. The normalized spacial score (nSPS) is 12.9. The van der Waals surface area contributed by atoms with Crippen LogP contribution in [0.3, 0.4) is 0 Å². The van der Waals surface area contributed by atoms with Crippen molar-refractivity contribution in [3.8, 4) is 17.2 Å². The minimum Gasteiger partial charge on any atom is -0.454 e. The van der Waals surface area contributed by atoms with Gasteiger partial charge in [0, 0.05) is 34.9 Å². The van der Waals surface area contributed by atoms with Gasteiger partial charge in [-0.3, -0.25) is 4.99 Å². The molecule has 25 heavy (non-hydrogen) atoms. The van der Waals surface area contributed by atoms with E-state index in [4.69, 9.17) is 9.47 Å². The van der Waals surface area contributed by atoms with Crippen molar-refractivity contribution in [2.75, 3.05) is 6.79 Å². The van der Waals surface area contributed by atoms with Gasteiger partial charge in [-0.25, -0.2) is 0 Å². The Bertz CT molecular complexity index is 970. The zero-order valence-electron chi connectivity index (χ0n) is 14.6. The van der Waals surface area contributed by atoms with Crippen molar-refractivity contribution in [2.45, 2.75) is 20.8 Å². The van der Waals surface area contributed by atoms with E-state index in [0.29, 0.717) is 0 Å². The molecule has 0 amide bonds. The Balaban J connectivity index is 1.67. The first-order valence-electron chi connectivity index (χ1n) is 8.31. The third kappa shape index (κ3) is 2.91. The van der Waals surface area contributed by atoms with Crippen LogP contribution in [-0.4, -0.2) is 17.6 Å². The molecule has 0 saturated heterocycles. The monoisotopic (exact) mass is 332 g/mol. The van der Waals surface area contributed by atoms with E-state index in [2.05, 4.69) is 60.7 Å². The fraction of sp³-hybridized carbons (Fsp3) is 0.190. The van der Waals surface area contributed by atoms with Gasteiger partial charge in [-0.05, 0) is 56.7 Å². The molecule has 2 aromatic carbocycles. The Morgan fingerprint density at radius 1 is 0.960 bits per heavy atom. The highest BCUT2D eigenvalue weighted by Gasteiger charge is 2.13. The number of aliphatic imine (C=N–C) groups is 1. The number of fused-ring (bicyclic) bond motifs is 1. The Kier molecular flexibility index (Phi) is 3.80. The molecule has 2 heterocycles. The first kappa shape index (κ1) is 15.5. The van der Waals surface area contributed by atoms with Gasteiger partial charge in [0.1, 0.15) is 0 Å². The van der Waals surface area contributed by atoms with Crippen LogP contribution < -0.4 is 9.47 Å². The zero-order chi connectivity index (χ0) is 17.4. The van der Waals surface area contributed by atoms with Gasteiger partial charge in [-0.1, -0.05) is 12.1 Å². The maximum atomic E-state index is 5.41. The lowest BCUT2D eigenvalue weighted by Crippen LogP contribution is -1.99. The third-order valence-corrected chi connectivity index (χ3v) is 4.44. The Morgan fingerprint density at radius 2 is 1.80 bits per heavy atom. The lowest BCUT2D eigenvalue weighted by molar-refractivity contribution is 0.174. The number of hydrogen-bond acceptors (Lipinski definition) is 3. The maximum absolute atomic E-state index is 5.41. The highest BCUT2D eigenvalue weighted by Crippen LogP contribution is 2.35. The van der Waals surface area contributed by atoms with Gasteiger partial charge in [-0.2, -0.15) is 0 Å². The van der Waals surface area contributed by atoms with Crippen molar-refractivity contribution < 1.29 is 9.47 Å². The second kappa shape index (κ2) is 6.13. The zero-order valence-corrected chi connectivity index (χ0v) is 14.6. The number of nitrogens with zero attached hydrogens (tertiary/aromatic N) is 2. The van der Waals surface area contributed by atoms with Gasteiger partial charge >= 0.3 is 0 Å². The van der Waals surface area contributed by atoms with E-state index in [1.807, 2.05) is 24.4 Å². The summed E-state index contributed by atoms with van der Waals surface area (Å²) < 4.78 is 13.0. The van der Waals surface area contributed by atoms with Crippen molar-refractivity contribution in [2.24, 2.45) is 4.99 Å². The molecule has 0 N–H and O–H groups in total. The fourth-order valence-electron chi connectivity index (χ4n) is 3.19. The molecule has 0 bridgehead atoms. The van der Waals surface area contributed by atoms with E-state index in [-0.39, 0.29) is 6.79 Å². The summed E-state index contributed by atoms with van der Waals surface area (Å²) in [5.74, 6) is 1.52. The molecule has 0 unspecified atom stereocenters. The van der Waals surface area contributed by atoms with E-state index in [1.54, 1.807) is 0 Å². The highest BCUT2D eigenvalue weighted by molar-refractivity contribution is 5.84. The van der Waals surface area contributed by atoms with Crippen LogP contribution in [0.4, 0.5) is 5.69 Å². The summed E-state index contributed by atoms with van der Waals surface area (Å²) in [6.45, 7) is 6.63. The lowest BCUT2D eigenvalue weighted by atomic mass is 10.2. The van der Waals surface area contributed by atoms with Crippen molar-refractivity contribution in [3.63, 3.8) is 0 Å². The smallest absolute Gasteiger partial charge is 0.231 e. The standard InChI is InChI=1S/C21H20N2O2/c1-14-5-4-6-19(9-14)23-15(2)10-17(16(23)3)12-22-18-7-8-20-21(11-18)25-13-24-20/h4-12H,13H2,1-3H3. The topological polar surface area (TPSA) is 35.8 Å². The molecule has 0 spiro atoms. The summed E-state index contributed by atoms with van der Waals surface area (Å²) in [5, 5.41) is 0. The molecule has 1 aliphatic heterocycles. The fourth-order valence-corrected chi connectivity index (χ4v) is 3.19.